The highest BCUT2D eigenvalue weighted by Crippen LogP contribution is 2.25. The molecule has 7 heteroatoms. The summed E-state index contributed by atoms with van der Waals surface area (Å²) < 4.78 is 7.50. The molecule has 31 heavy (non-hydrogen) atoms. The van der Waals surface area contributed by atoms with Gasteiger partial charge in [-0.1, -0.05) is 6.92 Å². The topological polar surface area (TPSA) is 81.1 Å². The molecule has 168 valence electrons. The lowest BCUT2D eigenvalue weighted by molar-refractivity contribution is 0.0641. The van der Waals surface area contributed by atoms with E-state index in [0.717, 1.165) is 76.8 Å². The van der Waals surface area contributed by atoms with Gasteiger partial charge in [-0.2, -0.15) is 5.10 Å². The van der Waals surface area contributed by atoms with Gasteiger partial charge in [0, 0.05) is 56.0 Å². The van der Waals surface area contributed by atoms with E-state index < -0.39 is 0 Å². The van der Waals surface area contributed by atoms with Crippen molar-refractivity contribution < 1.29 is 9.53 Å². The highest BCUT2D eigenvalue weighted by molar-refractivity contribution is 5.94. The third kappa shape index (κ3) is 5.71. The van der Waals surface area contributed by atoms with Gasteiger partial charge in [-0.25, -0.2) is 0 Å². The Kier molecular flexibility index (Phi) is 7.70. The van der Waals surface area contributed by atoms with Crippen LogP contribution < -0.4 is 10.6 Å². The number of hydrogen-bond acceptors (Lipinski definition) is 5. The fraction of sp³-hybridized carbons (Fsp3) is 0.625. The highest BCUT2D eigenvalue weighted by Gasteiger charge is 2.29. The number of fused-ring (bicyclic) bond motifs is 1. The Labute approximate surface area is 185 Å². The summed E-state index contributed by atoms with van der Waals surface area (Å²) in [5.41, 5.74) is 4.33. The fourth-order valence-corrected chi connectivity index (χ4v) is 4.68. The van der Waals surface area contributed by atoms with Gasteiger partial charge in [0.2, 0.25) is 0 Å². The molecule has 1 atom stereocenters. The van der Waals surface area contributed by atoms with E-state index in [4.69, 9.17) is 9.84 Å². The monoisotopic (exact) mass is 425 g/mol. The Balaban J connectivity index is 1.38. The smallest absolute Gasteiger partial charge is 0.272 e. The molecule has 2 aromatic heterocycles. The van der Waals surface area contributed by atoms with Crippen LogP contribution in [0.2, 0.25) is 0 Å². The SMILES string of the molecule is CCCn1nc(C(=O)NCC2CCOCC2)c2c1CCC(NCCc1ccncc1)C2. The van der Waals surface area contributed by atoms with Gasteiger partial charge < -0.3 is 15.4 Å². The second-order valence-corrected chi connectivity index (χ2v) is 8.76. The minimum absolute atomic E-state index is 0.0185. The first-order chi connectivity index (χ1) is 15.2. The zero-order valence-corrected chi connectivity index (χ0v) is 18.6. The number of aryl methyl sites for hydroxylation is 1. The molecule has 1 fully saturated rings. The van der Waals surface area contributed by atoms with Crippen molar-refractivity contribution in [3.63, 3.8) is 0 Å². The Bertz CT molecular complexity index is 845. The van der Waals surface area contributed by atoms with E-state index in [1.807, 2.05) is 12.4 Å². The largest absolute Gasteiger partial charge is 0.381 e. The molecule has 1 amide bonds. The average molecular weight is 426 g/mol. The van der Waals surface area contributed by atoms with Gasteiger partial charge >= 0.3 is 0 Å². The van der Waals surface area contributed by atoms with Crippen LogP contribution in [0.4, 0.5) is 0 Å². The summed E-state index contributed by atoms with van der Waals surface area (Å²) >= 11 is 0. The van der Waals surface area contributed by atoms with E-state index in [2.05, 4.69) is 39.4 Å². The second-order valence-electron chi connectivity index (χ2n) is 8.76. The summed E-state index contributed by atoms with van der Waals surface area (Å²) in [6, 6.07) is 4.52. The number of nitrogens with one attached hydrogen (secondary N) is 2. The van der Waals surface area contributed by atoms with E-state index in [1.54, 1.807) is 0 Å². The number of carbonyl (C=O) groups is 1. The molecule has 3 heterocycles. The third-order valence-electron chi connectivity index (χ3n) is 6.49. The Morgan fingerprint density at radius 3 is 2.81 bits per heavy atom. The van der Waals surface area contributed by atoms with E-state index in [9.17, 15) is 4.79 Å². The van der Waals surface area contributed by atoms with Crippen LogP contribution in [-0.4, -0.2) is 53.0 Å². The molecular weight excluding hydrogens is 390 g/mol. The average Bonchev–Trinajstić information content (AvgIpc) is 3.17. The molecular formula is C24H35N5O2. The number of amides is 1. The number of aromatic nitrogens is 3. The lowest BCUT2D eigenvalue weighted by Gasteiger charge is -2.25. The molecule has 2 aromatic rings. The zero-order chi connectivity index (χ0) is 21.5. The Hall–Kier alpha value is -2.25. The van der Waals surface area contributed by atoms with Crippen molar-refractivity contribution in [1.82, 2.24) is 25.4 Å². The van der Waals surface area contributed by atoms with Gasteiger partial charge in [0.15, 0.2) is 5.69 Å². The number of pyridine rings is 1. The number of rotatable bonds is 9. The summed E-state index contributed by atoms with van der Waals surface area (Å²) in [4.78, 5) is 17.1. The van der Waals surface area contributed by atoms with Crippen LogP contribution in [0.25, 0.3) is 0 Å². The molecule has 0 aromatic carbocycles. The summed E-state index contributed by atoms with van der Waals surface area (Å²) in [6.45, 7) is 6.27. The number of carbonyl (C=O) groups excluding carboxylic acids is 1. The molecule has 1 saturated heterocycles. The molecule has 1 aliphatic heterocycles. The number of ether oxygens (including phenoxy) is 1. The van der Waals surface area contributed by atoms with E-state index >= 15 is 0 Å². The normalized spacial score (nSPS) is 19.2. The molecule has 1 unspecified atom stereocenters. The Morgan fingerprint density at radius 2 is 2.03 bits per heavy atom. The van der Waals surface area contributed by atoms with Crippen molar-refractivity contribution in [3.8, 4) is 0 Å². The molecule has 0 saturated carbocycles. The van der Waals surface area contributed by atoms with Crippen LogP contribution >= 0.6 is 0 Å². The first-order valence-corrected chi connectivity index (χ1v) is 11.8. The van der Waals surface area contributed by atoms with Crippen molar-refractivity contribution >= 4 is 5.91 Å². The van der Waals surface area contributed by atoms with Gasteiger partial charge in [-0.15, -0.1) is 0 Å². The van der Waals surface area contributed by atoms with Crippen molar-refractivity contribution in [1.29, 1.82) is 0 Å². The van der Waals surface area contributed by atoms with Crippen molar-refractivity contribution in [2.24, 2.45) is 5.92 Å². The van der Waals surface area contributed by atoms with Gasteiger partial charge in [0.1, 0.15) is 0 Å². The number of hydrogen-bond donors (Lipinski definition) is 2. The van der Waals surface area contributed by atoms with Crippen LogP contribution in [0.5, 0.6) is 0 Å². The summed E-state index contributed by atoms with van der Waals surface area (Å²) in [7, 11) is 0. The standard InChI is InChI=1S/C24H35N5O2/c1-2-13-29-22-4-3-20(26-12-7-18-5-10-25-11-6-18)16-21(22)23(28-29)24(30)27-17-19-8-14-31-15-9-19/h5-6,10-11,19-20,26H,2-4,7-9,12-17H2,1H3,(H,27,30). The van der Waals surface area contributed by atoms with E-state index in [-0.39, 0.29) is 5.91 Å². The van der Waals surface area contributed by atoms with Crippen LogP contribution in [-0.2, 0) is 30.5 Å². The van der Waals surface area contributed by atoms with Gasteiger partial charge in [-0.3, -0.25) is 14.5 Å². The van der Waals surface area contributed by atoms with Crippen molar-refractivity contribution in [2.45, 2.75) is 64.5 Å². The fourth-order valence-electron chi connectivity index (χ4n) is 4.68. The molecule has 2 aliphatic rings. The number of nitrogens with zero attached hydrogens (tertiary/aromatic N) is 3. The third-order valence-corrected chi connectivity index (χ3v) is 6.49. The molecule has 4 rings (SSSR count). The highest BCUT2D eigenvalue weighted by atomic mass is 16.5. The molecule has 7 nitrogen and oxygen atoms in total. The quantitative estimate of drug-likeness (QED) is 0.645. The molecule has 0 bridgehead atoms. The van der Waals surface area contributed by atoms with Crippen molar-refractivity contribution in [3.05, 3.63) is 47.0 Å². The van der Waals surface area contributed by atoms with Gasteiger partial charge in [-0.05, 0) is 75.1 Å². The maximum Gasteiger partial charge on any atom is 0.272 e. The minimum Gasteiger partial charge on any atom is -0.381 e. The summed E-state index contributed by atoms with van der Waals surface area (Å²) in [6.07, 6.45) is 10.7. The summed E-state index contributed by atoms with van der Waals surface area (Å²) in [5, 5.41) is 11.6. The van der Waals surface area contributed by atoms with Gasteiger partial charge in [0.25, 0.3) is 5.91 Å². The maximum atomic E-state index is 13.0. The lowest BCUT2D eigenvalue weighted by Crippen LogP contribution is -2.37. The summed E-state index contributed by atoms with van der Waals surface area (Å²) in [5.74, 6) is 0.490. The molecule has 1 aliphatic carbocycles. The molecule has 0 spiro atoms. The molecule has 2 N–H and O–H groups in total. The Morgan fingerprint density at radius 1 is 1.23 bits per heavy atom. The maximum absolute atomic E-state index is 13.0. The van der Waals surface area contributed by atoms with Crippen LogP contribution in [0.1, 0.15) is 59.9 Å². The lowest BCUT2D eigenvalue weighted by atomic mass is 9.91. The predicted octanol–water partition coefficient (Wildman–Crippen LogP) is 2.53. The zero-order valence-electron chi connectivity index (χ0n) is 18.6. The van der Waals surface area contributed by atoms with Crippen LogP contribution in [0, 0.1) is 5.92 Å². The van der Waals surface area contributed by atoms with Gasteiger partial charge in [0.05, 0.1) is 0 Å². The predicted molar refractivity (Wildman–Crippen MR) is 120 cm³/mol. The second kappa shape index (κ2) is 10.9. The van der Waals surface area contributed by atoms with E-state index in [1.165, 1.54) is 11.3 Å². The first-order valence-electron chi connectivity index (χ1n) is 11.8. The first kappa shape index (κ1) is 22.0. The van der Waals surface area contributed by atoms with Crippen LogP contribution in [0.3, 0.4) is 0 Å². The minimum atomic E-state index is -0.0185. The molecule has 0 radical (unpaired) electrons. The van der Waals surface area contributed by atoms with Crippen LogP contribution in [0.15, 0.2) is 24.5 Å². The van der Waals surface area contributed by atoms with Crippen molar-refractivity contribution in [2.75, 3.05) is 26.3 Å². The van der Waals surface area contributed by atoms with E-state index in [0.29, 0.717) is 24.2 Å².